The number of benzene rings is 1. The third-order valence-corrected chi connectivity index (χ3v) is 3.26. The highest BCUT2D eigenvalue weighted by molar-refractivity contribution is 5.93. The minimum Gasteiger partial charge on any atom is -0.489 e. The fourth-order valence-electron chi connectivity index (χ4n) is 2.30. The van der Waals surface area contributed by atoms with Gasteiger partial charge in [0.1, 0.15) is 12.2 Å². The number of aromatic carboxylic acids is 1. The van der Waals surface area contributed by atoms with Crippen LogP contribution in [0.5, 0.6) is 5.75 Å². The van der Waals surface area contributed by atoms with Crippen molar-refractivity contribution in [1.82, 2.24) is 0 Å². The summed E-state index contributed by atoms with van der Waals surface area (Å²) < 4.78 is 5.51. The molecule has 0 saturated heterocycles. The van der Waals surface area contributed by atoms with Gasteiger partial charge in [0.15, 0.2) is 5.75 Å². The summed E-state index contributed by atoms with van der Waals surface area (Å²) in [5.74, 6) is -0.484. The van der Waals surface area contributed by atoms with Crippen molar-refractivity contribution in [2.75, 3.05) is 31.2 Å². The van der Waals surface area contributed by atoms with Gasteiger partial charge in [0.25, 0.3) is 0 Å². The third kappa shape index (κ3) is 3.17. The van der Waals surface area contributed by atoms with Gasteiger partial charge < -0.3 is 19.8 Å². The van der Waals surface area contributed by atoms with Crippen LogP contribution in [0.1, 0.15) is 29.6 Å². The number of para-hydroxylation sites is 1. The van der Waals surface area contributed by atoms with Gasteiger partial charge in [-0.05, 0) is 31.4 Å². The van der Waals surface area contributed by atoms with E-state index in [0.29, 0.717) is 12.4 Å². The minimum atomic E-state index is -0.959. The van der Waals surface area contributed by atoms with Gasteiger partial charge >= 0.3 is 5.97 Å². The van der Waals surface area contributed by atoms with Crippen molar-refractivity contribution in [3.8, 4) is 5.75 Å². The molecule has 1 aliphatic heterocycles. The number of hydrogen-bond donors (Lipinski definition) is 2. The average Bonchev–Trinajstić information content (AvgIpc) is 2.43. The second kappa shape index (κ2) is 6.43. The van der Waals surface area contributed by atoms with E-state index >= 15 is 0 Å². The van der Waals surface area contributed by atoms with Crippen molar-refractivity contribution in [2.24, 2.45) is 0 Å². The van der Waals surface area contributed by atoms with Gasteiger partial charge in [-0.1, -0.05) is 6.07 Å². The molecule has 1 aliphatic rings. The molecule has 0 saturated carbocycles. The Hall–Kier alpha value is -1.75. The van der Waals surface area contributed by atoms with E-state index in [1.165, 1.54) is 0 Å². The fraction of sp³-hybridized carbons (Fsp3) is 0.500. The summed E-state index contributed by atoms with van der Waals surface area (Å²) in [4.78, 5) is 13.3. The Labute approximate surface area is 112 Å². The summed E-state index contributed by atoms with van der Waals surface area (Å²) in [7, 11) is 0. The van der Waals surface area contributed by atoms with Gasteiger partial charge in [-0.25, -0.2) is 4.79 Å². The van der Waals surface area contributed by atoms with Crippen LogP contribution in [0.3, 0.4) is 0 Å². The number of carbonyl (C=O) groups is 1. The molecule has 0 aromatic heterocycles. The zero-order valence-corrected chi connectivity index (χ0v) is 10.8. The molecule has 0 amide bonds. The third-order valence-electron chi connectivity index (χ3n) is 3.26. The summed E-state index contributed by atoms with van der Waals surface area (Å²) >= 11 is 0. The predicted molar refractivity (Wildman–Crippen MR) is 72.0 cm³/mol. The lowest BCUT2D eigenvalue weighted by atomic mass is 10.1. The van der Waals surface area contributed by atoms with Crippen molar-refractivity contribution in [3.05, 3.63) is 23.8 Å². The second-order valence-corrected chi connectivity index (χ2v) is 4.58. The Morgan fingerprint density at radius 1 is 1.32 bits per heavy atom. The highest BCUT2D eigenvalue weighted by atomic mass is 16.5. The molecule has 0 bridgehead atoms. The highest BCUT2D eigenvalue weighted by Crippen LogP contribution is 2.35. The Morgan fingerprint density at radius 3 is 2.89 bits per heavy atom. The molecule has 5 nitrogen and oxygen atoms in total. The molecule has 0 fully saturated rings. The van der Waals surface area contributed by atoms with Crippen LogP contribution in [0.4, 0.5) is 5.69 Å². The molecule has 1 aromatic carbocycles. The Balaban J connectivity index is 2.11. The first-order valence-corrected chi connectivity index (χ1v) is 6.59. The van der Waals surface area contributed by atoms with Crippen molar-refractivity contribution in [3.63, 3.8) is 0 Å². The van der Waals surface area contributed by atoms with Crippen LogP contribution in [0.15, 0.2) is 18.2 Å². The maximum absolute atomic E-state index is 11.2. The highest BCUT2D eigenvalue weighted by Gasteiger charge is 2.23. The fourth-order valence-corrected chi connectivity index (χ4v) is 2.30. The maximum Gasteiger partial charge on any atom is 0.339 e. The lowest BCUT2D eigenvalue weighted by Gasteiger charge is -2.32. The molecule has 0 unspecified atom stereocenters. The number of ether oxygens (including phenoxy) is 1. The van der Waals surface area contributed by atoms with Gasteiger partial charge in [0, 0.05) is 13.2 Å². The van der Waals surface area contributed by atoms with Crippen molar-refractivity contribution in [2.45, 2.75) is 19.3 Å². The molecule has 5 heteroatoms. The van der Waals surface area contributed by atoms with E-state index in [2.05, 4.69) is 4.90 Å². The zero-order chi connectivity index (χ0) is 13.7. The van der Waals surface area contributed by atoms with Crippen LogP contribution in [0, 0.1) is 0 Å². The number of aliphatic hydroxyl groups is 1. The van der Waals surface area contributed by atoms with Crippen molar-refractivity contribution < 1.29 is 19.7 Å². The number of hydrogen-bond acceptors (Lipinski definition) is 4. The zero-order valence-electron chi connectivity index (χ0n) is 10.8. The first-order valence-electron chi connectivity index (χ1n) is 6.59. The molecule has 0 radical (unpaired) electrons. The molecular weight excluding hydrogens is 246 g/mol. The van der Waals surface area contributed by atoms with E-state index in [0.717, 1.165) is 38.0 Å². The van der Waals surface area contributed by atoms with E-state index < -0.39 is 5.97 Å². The van der Waals surface area contributed by atoms with Gasteiger partial charge in [0.05, 0.1) is 12.2 Å². The van der Waals surface area contributed by atoms with Crippen molar-refractivity contribution in [1.29, 1.82) is 0 Å². The number of rotatable bonds is 6. The lowest BCUT2D eigenvalue weighted by Crippen LogP contribution is -2.34. The van der Waals surface area contributed by atoms with Crippen molar-refractivity contribution >= 4 is 11.7 Å². The summed E-state index contributed by atoms with van der Waals surface area (Å²) in [5.41, 5.74) is 1.08. The molecule has 104 valence electrons. The van der Waals surface area contributed by atoms with Crippen LogP contribution in [-0.4, -0.2) is 42.5 Å². The summed E-state index contributed by atoms with van der Waals surface area (Å²) in [6, 6.07) is 5.21. The number of unbranched alkanes of at least 4 members (excludes halogenated alkanes) is 2. The number of fused-ring (bicyclic) bond motifs is 1. The molecule has 0 spiro atoms. The van der Waals surface area contributed by atoms with Gasteiger partial charge in [-0.3, -0.25) is 0 Å². The molecular formula is C14H19NO4. The molecule has 2 N–H and O–H groups in total. The van der Waals surface area contributed by atoms with E-state index in [-0.39, 0.29) is 12.2 Å². The SMILES string of the molecule is O=C(O)c1cccc2c1OCCN2CCCCCO. The van der Waals surface area contributed by atoms with E-state index in [1.54, 1.807) is 12.1 Å². The molecule has 0 aliphatic carbocycles. The summed E-state index contributed by atoms with van der Waals surface area (Å²) in [5, 5.41) is 17.9. The van der Waals surface area contributed by atoms with Gasteiger partial charge in [0.2, 0.25) is 0 Å². The Kier molecular flexibility index (Phi) is 4.63. The Morgan fingerprint density at radius 2 is 2.16 bits per heavy atom. The van der Waals surface area contributed by atoms with Crippen LogP contribution in [0.2, 0.25) is 0 Å². The van der Waals surface area contributed by atoms with Crippen LogP contribution >= 0.6 is 0 Å². The first-order chi connectivity index (χ1) is 9.24. The molecule has 0 atom stereocenters. The second-order valence-electron chi connectivity index (χ2n) is 4.58. The van der Waals surface area contributed by atoms with Crippen LogP contribution in [0.25, 0.3) is 0 Å². The van der Waals surface area contributed by atoms with Gasteiger partial charge in [-0.15, -0.1) is 0 Å². The van der Waals surface area contributed by atoms with E-state index in [9.17, 15) is 4.79 Å². The largest absolute Gasteiger partial charge is 0.489 e. The molecule has 19 heavy (non-hydrogen) atoms. The smallest absolute Gasteiger partial charge is 0.339 e. The summed E-state index contributed by atoms with van der Waals surface area (Å²) in [6.45, 7) is 2.37. The maximum atomic E-state index is 11.2. The number of carboxylic acids is 1. The standard InChI is InChI=1S/C14H19NO4/c16-9-3-1-2-7-15-8-10-19-13-11(14(17)18)5-4-6-12(13)15/h4-6,16H,1-3,7-10H2,(H,17,18). The number of anilines is 1. The minimum absolute atomic E-state index is 0.220. The average molecular weight is 265 g/mol. The first kappa shape index (κ1) is 13.7. The number of aliphatic hydroxyl groups excluding tert-OH is 1. The predicted octanol–water partition coefficient (Wildman–Crippen LogP) is 1.75. The monoisotopic (exact) mass is 265 g/mol. The normalized spacial score (nSPS) is 13.8. The summed E-state index contributed by atoms with van der Waals surface area (Å²) in [6.07, 6.45) is 2.77. The lowest BCUT2D eigenvalue weighted by molar-refractivity contribution is 0.0692. The van der Waals surface area contributed by atoms with E-state index in [1.807, 2.05) is 6.07 Å². The number of carboxylic acid groups (broad SMARTS) is 1. The Bertz CT molecular complexity index is 447. The van der Waals surface area contributed by atoms with E-state index in [4.69, 9.17) is 14.9 Å². The molecule has 2 rings (SSSR count). The quantitative estimate of drug-likeness (QED) is 0.767. The molecule has 1 aromatic rings. The van der Waals surface area contributed by atoms with Crippen LogP contribution < -0.4 is 9.64 Å². The molecule has 1 heterocycles. The van der Waals surface area contributed by atoms with Crippen LogP contribution in [-0.2, 0) is 0 Å². The van der Waals surface area contributed by atoms with Gasteiger partial charge in [-0.2, -0.15) is 0 Å². The number of nitrogens with zero attached hydrogens (tertiary/aromatic N) is 1. The topological polar surface area (TPSA) is 70.0 Å².